The largest absolute Gasteiger partial charge is 0.464 e. The molecule has 1 aromatic heterocycles. The van der Waals surface area contributed by atoms with Crippen molar-refractivity contribution in [3.8, 4) is 0 Å². The number of carbonyl (C=O) groups is 1. The van der Waals surface area contributed by atoms with Crippen molar-refractivity contribution in [2.24, 2.45) is 5.92 Å². The molecule has 1 heterocycles. The van der Waals surface area contributed by atoms with E-state index < -0.39 is 14.8 Å². The van der Waals surface area contributed by atoms with Crippen molar-refractivity contribution in [3.63, 3.8) is 0 Å². The molecule has 1 aliphatic carbocycles. The van der Waals surface area contributed by atoms with Gasteiger partial charge in [-0.2, -0.15) is 0 Å². The number of rotatable bonds is 4. The van der Waals surface area contributed by atoms with Crippen molar-refractivity contribution in [3.05, 3.63) is 30.5 Å². The van der Waals surface area contributed by atoms with Crippen LogP contribution in [0.5, 0.6) is 0 Å². The Morgan fingerprint density at radius 2 is 1.81 bits per heavy atom. The number of anilines is 1. The summed E-state index contributed by atoms with van der Waals surface area (Å²) in [5.74, 6) is -0.101. The highest BCUT2D eigenvalue weighted by Crippen LogP contribution is 2.28. The number of sulfonamides is 1. The highest BCUT2D eigenvalue weighted by molar-refractivity contribution is 7.90. The predicted octanol–water partition coefficient (Wildman–Crippen LogP) is 3.65. The second kappa shape index (κ2) is 7.04. The zero-order chi connectivity index (χ0) is 18.9. The monoisotopic (exact) mass is 378 g/mol. The van der Waals surface area contributed by atoms with Gasteiger partial charge >= 0.3 is 0 Å². The fourth-order valence-electron chi connectivity index (χ4n) is 3.16. The van der Waals surface area contributed by atoms with Crippen LogP contribution in [0, 0.1) is 5.92 Å². The number of benzene rings is 1. The molecule has 3 rings (SSSR count). The van der Waals surface area contributed by atoms with Crippen LogP contribution in [0.4, 0.5) is 5.69 Å². The highest BCUT2D eigenvalue weighted by Gasteiger charge is 2.34. The third kappa shape index (κ3) is 4.10. The molecule has 1 aliphatic rings. The van der Waals surface area contributed by atoms with Gasteiger partial charge in [0.1, 0.15) is 5.58 Å². The van der Waals surface area contributed by atoms with E-state index in [4.69, 9.17) is 4.42 Å². The first kappa shape index (κ1) is 18.9. The summed E-state index contributed by atoms with van der Waals surface area (Å²) < 4.78 is 31.8. The van der Waals surface area contributed by atoms with Gasteiger partial charge in [-0.3, -0.25) is 4.79 Å². The molecular weight excluding hydrogens is 352 g/mol. The Morgan fingerprint density at radius 1 is 1.12 bits per heavy atom. The summed E-state index contributed by atoms with van der Waals surface area (Å²) in [7, 11) is -3.36. The lowest BCUT2D eigenvalue weighted by Crippen LogP contribution is -2.46. The number of nitrogens with one attached hydrogen (secondary N) is 2. The van der Waals surface area contributed by atoms with Crippen LogP contribution in [0.15, 0.2) is 34.9 Å². The smallest absolute Gasteiger partial charge is 0.227 e. The second-order valence-electron chi connectivity index (χ2n) is 7.94. The maximum atomic E-state index is 12.5. The number of furan rings is 1. The maximum Gasteiger partial charge on any atom is 0.227 e. The first-order valence-electron chi connectivity index (χ1n) is 8.96. The molecule has 2 aromatic rings. The topological polar surface area (TPSA) is 88.4 Å². The quantitative estimate of drug-likeness (QED) is 0.850. The highest BCUT2D eigenvalue weighted by atomic mass is 32.2. The molecule has 0 spiro atoms. The van der Waals surface area contributed by atoms with Crippen molar-refractivity contribution in [1.29, 1.82) is 0 Å². The number of fused-ring (bicyclic) bond motifs is 1. The van der Waals surface area contributed by atoms with Crippen molar-refractivity contribution in [2.75, 3.05) is 5.32 Å². The average Bonchev–Trinajstić information content (AvgIpc) is 3.01. The van der Waals surface area contributed by atoms with Crippen molar-refractivity contribution < 1.29 is 17.6 Å². The molecule has 26 heavy (non-hydrogen) atoms. The Balaban J connectivity index is 1.55. The summed E-state index contributed by atoms with van der Waals surface area (Å²) in [5.41, 5.74) is 1.54. The van der Waals surface area contributed by atoms with E-state index in [-0.39, 0.29) is 17.9 Å². The Bertz CT molecular complexity index is 888. The zero-order valence-electron chi connectivity index (χ0n) is 15.4. The second-order valence-corrected chi connectivity index (χ2v) is 10.4. The predicted molar refractivity (Wildman–Crippen MR) is 102 cm³/mol. The number of amides is 1. The normalized spacial score (nSPS) is 21.7. The Morgan fingerprint density at radius 3 is 2.46 bits per heavy atom. The molecule has 0 unspecified atom stereocenters. The molecule has 7 heteroatoms. The molecule has 2 N–H and O–H groups in total. The van der Waals surface area contributed by atoms with Crippen LogP contribution in [-0.2, 0) is 14.8 Å². The summed E-state index contributed by atoms with van der Waals surface area (Å²) in [4.78, 5) is 12.5. The van der Waals surface area contributed by atoms with Crippen molar-refractivity contribution in [1.82, 2.24) is 4.72 Å². The van der Waals surface area contributed by atoms with Crippen LogP contribution in [-0.4, -0.2) is 25.1 Å². The van der Waals surface area contributed by atoms with Gasteiger partial charge < -0.3 is 9.73 Å². The summed E-state index contributed by atoms with van der Waals surface area (Å²) in [6.07, 6.45) is 4.33. The molecule has 1 saturated carbocycles. The van der Waals surface area contributed by atoms with E-state index in [1.165, 1.54) is 0 Å². The summed E-state index contributed by atoms with van der Waals surface area (Å²) in [6, 6.07) is 7.32. The van der Waals surface area contributed by atoms with Crippen LogP contribution in [0.1, 0.15) is 46.5 Å². The zero-order valence-corrected chi connectivity index (χ0v) is 16.2. The Labute approximate surface area is 154 Å². The summed E-state index contributed by atoms with van der Waals surface area (Å²) >= 11 is 0. The number of carbonyl (C=O) groups excluding carboxylic acids is 1. The third-order valence-electron chi connectivity index (χ3n) is 4.95. The lowest BCUT2D eigenvalue weighted by atomic mass is 9.86. The number of hydrogen-bond donors (Lipinski definition) is 2. The van der Waals surface area contributed by atoms with Crippen LogP contribution in [0.2, 0.25) is 0 Å². The van der Waals surface area contributed by atoms with E-state index in [0.29, 0.717) is 25.7 Å². The van der Waals surface area contributed by atoms with Gasteiger partial charge in [0, 0.05) is 23.0 Å². The molecule has 0 bridgehead atoms. The molecule has 0 aliphatic heterocycles. The first-order chi connectivity index (χ1) is 12.2. The first-order valence-corrected chi connectivity index (χ1v) is 10.4. The van der Waals surface area contributed by atoms with Crippen molar-refractivity contribution in [2.45, 2.75) is 57.2 Å². The van der Waals surface area contributed by atoms with Gasteiger partial charge in [-0.1, -0.05) is 0 Å². The molecule has 0 radical (unpaired) electrons. The third-order valence-corrected chi connectivity index (χ3v) is 7.20. The van der Waals surface area contributed by atoms with E-state index in [0.717, 1.165) is 16.7 Å². The maximum absolute atomic E-state index is 12.5. The van der Waals surface area contributed by atoms with Crippen LogP contribution >= 0.6 is 0 Å². The van der Waals surface area contributed by atoms with E-state index in [1.54, 1.807) is 27.0 Å². The summed E-state index contributed by atoms with van der Waals surface area (Å²) in [5, 5.41) is 3.91. The van der Waals surface area contributed by atoms with Crippen LogP contribution < -0.4 is 10.0 Å². The minimum atomic E-state index is -3.36. The fraction of sp³-hybridized carbons (Fsp3) is 0.526. The lowest BCUT2D eigenvalue weighted by molar-refractivity contribution is -0.120. The Hall–Kier alpha value is -1.86. The molecule has 1 aromatic carbocycles. The van der Waals surface area contributed by atoms with Gasteiger partial charge in [0.2, 0.25) is 15.9 Å². The van der Waals surface area contributed by atoms with E-state index in [2.05, 4.69) is 10.0 Å². The van der Waals surface area contributed by atoms with Crippen molar-refractivity contribution >= 4 is 32.6 Å². The molecule has 142 valence electrons. The van der Waals surface area contributed by atoms with E-state index in [9.17, 15) is 13.2 Å². The van der Waals surface area contributed by atoms with Gasteiger partial charge in [0.15, 0.2) is 0 Å². The average molecular weight is 378 g/mol. The van der Waals surface area contributed by atoms with Gasteiger partial charge in [-0.05, 0) is 70.7 Å². The van der Waals surface area contributed by atoms with Crippen LogP contribution in [0.3, 0.4) is 0 Å². The summed E-state index contributed by atoms with van der Waals surface area (Å²) in [6.45, 7) is 5.06. The molecule has 6 nitrogen and oxygen atoms in total. The molecular formula is C19H26N2O4S. The van der Waals surface area contributed by atoms with Gasteiger partial charge in [-0.15, -0.1) is 0 Å². The SMILES string of the molecule is CC(C)(C)S(=O)(=O)NC1CCC(C(=O)Nc2ccc3occc3c2)CC1. The van der Waals surface area contributed by atoms with E-state index >= 15 is 0 Å². The minimum Gasteiger partial charge on any atom is -0.464 e. The lowest BCUT2D eigenvalue weighted by Gasteiger charge is -2.30. The number of hydrogen-bond acceptors (Lipinski definition) is 4. The van der Waals surface area contributed by atoms with Gasteiger partial charge in [-0.25, -0.2) is 13.1 Å². The Kier molecular flexibility index (Phi) is 5.12. The minimum absolute atomic E-state index is 0.00928. The van der Waals surface area contributed by atoms with Gasteiger partial charge in [0.05, 0.1) is 11.0 Å². The molecule has 1 amide bonds. The fourth-order valence-corrected chi connectivity index (χ4v) is 4.19. The molecule has 1 fully saturated rings. The standard InChI is InChI=1S/C19H26N2O4S/c1-19(2,3)26(23,24)21-15-6-4-13(5-7-15)18(22)20-16-8-9-17-14(12-16)10-11-25-17/h8-13,15,21H,4-7H2,1-3H3,(H,20,22). The molecule has 0 saturated heterocycles. The van der Waals surface area contributed by atoms with Gasteiger partial charge in [0.25, 0.3) is 0 Å². The van der Waals surface area contributed by atoms with E-state index in [1.807, 2.05) is 24.3 Å². The van der Waals surface area contributed by atoms with Crippen LogP contribution in [0.25, 0.3) is 11.0 Å². The molecule has 0 atom stereocenters.